The van der Waals surface area contributed by atoms with Crippen molar-refractivity contribution >= 4 is 10.0 Å². The summed E-state index contributed by atoms with van der Waals surface area (Å²) >= 11 is 0. The van der Waals surface area contributed by atoms with E-state index in [1.54, 1.807) is 41.0 Å². The van der Waals surface area contributed by atoms with Gasteiger partial charge in [-0.05, 0) is 42.7 Å². The topological polar surface area (TPSA) is 50.3 Å². The first kappa shape index (κ1) is 13.3. The van der Waals surface area contributed by atoms with Crippen LogP contribution < -0.4 is 0 Å². The molecular formula is C15H16N2O2S. The first-order chi connectivity index (χ1) is 9.69. The van der Waals surface area contributed by atoms with Crippen molar-refractivity contribution in [2.45, 2.75) is 23.8 Å². The molecule has 1 aromatic carbocycles. The van der Waals surface area contributed by atoms with E-state index in [9.17, 15) is 8.42 Å². The number of rotatable bonds is 3. The maximum Gasteiger partial charge on any atom is 0.243 e. The SMILES string of the molecule is O=S(=O)(c1ccccc1)N1CCCC1c1ccncc1. The van der Waals surface area contributed by atoms with E-state index in [2.05, 4.69) is 4.98 Å². The van der Waals surface area contributed by atoms with Crippen LogP contribution in [0.25, 0.3) is 0 Å². The molecule has 0 bridgehead atoms. The maximum atomic E-state index is 12.7. The summed E-state index contributed by atoms with van der Waals surface area (Å²) in [5, 5.41) is 0. The van der Waals surface area contributed by atoms with Crippen LogP contribution in [0.1, 0.15) is 24.4 Å². The lowest BCUT2D eigenvalue weighted by atomic mass is 10.1. The van der Waals surface area contributed by atoms with E-state index in [1.165, 1.54) is 0 Å². The monoisotopic (exact) mass is 288 g/mol. The molecule has 1 saturated heterocycles. The molecule has 4 nitrogen and oxygen atoms in total. The van der Waals surface area contributed by atoms with Gasteiger partial charge in [0.05, 0.1) is 10.9 Å². The maximum absolute atomic E-state index is 12.7. The molecule has 0 aliphatic carbocycles. The highest BCUT2D eigenvalue weighted by molar-refractivity contribution is 7.89. The lowest BCUT2D eigenvalue weighted by molar-refractivity contribution is 0.396. The van der Waals surface area contributed by atoms with E-state index < -0.39 is 10.0 Å². The van der Waals surface area contributed by atoms with Crippen molar-refractivity contribution < 1.29 is 8.42 Å². The van der Waals surface area contributed by atoms with Crippen LogP contribution in [0.2, 0.25) is 0 Å². The third-order valence-electron chi connectivity index (χ3n) is 3.64. The minimum Gasteiger partial charge on any atom is -0.265 e. The van der Waals surface area contributed by atoms with Crippen LogP contribution >= 0.6 is 0 Å². The van der Waals surface area contributed by atoms with E-state index >= 15 is 0 Å². The minimum absolute atomic E-state index is 0.0804. The molecule has 1 atom stereocenters. The summed E-state index contributed by atoms with van der Waals surface area (Å²) in [5.41, 5.74) is 1.01. The van der Waals surface area contributed by atoms with Crippen molar-refractivity contribution in [1.29, 1.82) is 0 Å². The highest BCUT2D eigenvalue weighted by Crippen LogP contribution is 2.36. The predicted octanol–water partition coefficient (Wildman–Crippen LogP) is 2.61. The van der Waals surface area contributed by atoms with Crippen molar-refractivity contribution in [3.8, 4) is 0 Å². The first-order valence-electron chi connectivity index (χ1n) is 6.66. The summed E-state index contributed by atoms with van der Waals surface area (Å²) in [4.78, 5) is 4.36. The molecule has 1 aliphatic heterocycles. The number of nitrogens with zero attached hydrogens (tertiary/aromatic N) is 2. The number of sulfonamides is 1. The third kappa shape index (κ3) is 2.34. The molecule has 1 aromatic heterocycles. The third-order valence-corrected chi connectivity index (χ3v) is 5.57. The summed E-state index contributed by atoms with van der Waals surface area (Å²) in [5.74, 6) is 0. The fourth-order valence-electron chi connectivity index (χ4n) is 2.67. The lowest BCUT2D eigenvalue weighted by Gasteiger charge is -2.24. The van der Waals surface area contributed by atoms with Gasteiger partial charge in [-0.2, -0.15) is 4.31 Å². The molecule has 3 rings (SSSR count). The van der Waals surface area contributed by atoms with Gasteiger partial charge in [-0.25, -0.2) is 8.42 Å². The summed E-state index contributed by atoms with van der Waals surface area (Å²) in [6, 6.07) is 12.3. The van der Waals surface area contributed by atoms with Crippen LogP contribution in [-0.4, -0.2) is 24.3 Å². The molecule has 1 aliphatic rings. The van der Waals surface area contributed by atoms with Crippen molar-refractivity contribution in [2.75, 3.05) is 6.54 Å². The molecule has 0 spiro atoms. The molecule has 0 N–H and O–H groups in total. The Labute approximate surface area is 119 Å². The zero-order valence-corrected chi connectivity index (χ0v) is 11.8. The fraction of sp³-hybridized carbons (Fsp3) is 0.267. The second kappa shape index (κ2) is 5.34. The Morgan fingerprint density at radius 3 is 2.45 bits per heavy atom. The molecule has 2 aromatic rings. The number of hydrogen-bond donors (Lipinski definition) is 0. The average molecular weight is 288 g/mol. The van der Waals surface area contributed by atoms with Gasteiger partial charge in [-0.15, -0.1) is 0 Å². The molecule has 0 amide bonds. The fourth-order valence-corrected chi connectivity index (χ4v) is 4.38. The molecular weight excluding hydrogens is 272 g/mol. The van der Waals surface area contributed by atoms with Crippen LogP contribution in [0.3, 0.4) is 0 Å². The summed E-state index contributed by atoms with van der Waals surface area (Å²) in [7, 11) is -3.42. The van der Waals surface area contributed by atoms with Crippen molar-refractivity contribution in [3.05, 3.63) is 60.4 Å². The van der Waals surface area contributed by atoms with E-state index in [0.717, 1.165) is 18.4 Å². The van der Waals surface area contributed by atoms with Crippen molar-refractivity contribution in [1.82, 2.24) is 9.29 Å². The van der Waals surface area contributed by atoms with Crippen LogP contribution in [0.4, 0.5) is 0 Å². The van der Waals surface area contributed by atoms with Crippen molar-refractivity contribution in [3.63, 3.8) is 0 Å². The molecule has 2 heterocycles. The average Bonchev–Trinajstić information content (AvgIpc) is 2.99. The minimum atomic E-state index is -3.42. The highest BCUT2D eigenvalue weighted by atomic mass is 32.2. The standard InChI is InChI=1S/C15H16N2O2S/c18-20(19,14-5-2-1-3-6-14)17-12-4-7-15(17)13-8-10-16-11-9-13/h1-3,5-6,8-11,15H,4,7,12H2. The van der Waals surface area contributed by atoms with Gasteiger partial charge in [0, 0.05) is 18.9 Å². The summed E-state index contributed by atoms with van der Waals surface area (Å²) in [6.07, 6.45) is 5.16. The van der Waals surface area contributed by atoms with Crippen LogP contribution in [0.15, 0.2) is 59.8 Å². The normalized spacial score (nSPS) is 20.1. The quantitative estimate of drug-likeness (QED) is 0.872. The zero-order valence-electron chi connectivity index (χ0n) is 11.0. The number of benzene rings is 1. The molecule has 104 valence electrons. The van der Waals surface area contributed by atoms with Crippen molar-refractivity contribution in [2.24, 2.45) is 0 Å². The lowest BCUT2D eigenvalue weighted by Crippen LogP contribution is -2.30. The molecule has 0 radical (unpaired) electrons. The summed E-state index contributed by atoms with van der Waals surface area (Å²) < 4.78 is 27.1. The van der Waals surface area contributed by atoms with Gasteiger partial charge < -0.3 is 0 Å². The zero-order chi connectivity index (χ0) is 14.0. The van der Waals surface area contributed by atoms with Crippen LogP contribution in [0.5, 0.6) is 0 Å². The molecule has 0 saturated carbocycles. The van der Waals surface area contributed by atoms with Crippen LogP contribution in [-0.2, 0) is 10.0 Å². The van der Waals surface area contributed by atoms with Gasteiger partial charge in [0.25, 0.3) is 0 Å². The van der Waals surface area contributed by atoms with E-state index in [1.807, 2.05) is 18.2 Å². The Hall–Kier alpha value is -1.72. The van der Waals surface area contributed by atoms with Gasteiger partial charge in [0.2, 0.25) is 10.0 Å². The number of pyridine rings is 1. The Morgan fingerprint density at radius 1 is 1.05 bits per heavy atom. The highest BCUT2D eigenvalue weighted by Gasteiger charge is 2.35. The second-order valence-electron chi connectivity index (χ2n) is 4.87. The predicted molar refractivity (Wildman–Crippen MR) is 76.5 cm³/mol. The second-order valence-corrected chi connectivity index (χ2v) is 6.76. The Balaban J connectivity index is 1.97. The van der Waals surface area contributed by atoms with E-state index in [-0.39, 0.29) is 6.04 Å². The smallest absolute Gasteiger partial charge is 0.243 e. The number of aromatic nitrogens is 1. The van der Waals surface area contributed by atoms with Crippen LogP contribution in [0, 0.1) is 0 Å². The molecule has 5 heteroatoms. The molecule has 1 fully saturated rings. The van der Waals surface area contributed by atoms with E-state index in [4.69, 9.17) is 0 Å². The molecule has 1 unspecified atom stereocenters. The Kier molecular flexibility index (Phi) is 3.54. The first-order valence-corrected chi connectivity index (χ1v) is 8.10. The number of hydrogen-bond acceptors (Lipinski definition) is 3. The summed E-state index contributed by atoms with van der Waals surface area (Å²) in [6.45, 7) is 0.574. The van der Waals surface area contributed by atoms with Gasteiger partial charge in [0.15, 0.2) is 0 Å². The van der Waals surface area contributed by atoms with Gasteiger partial charge in [0.1, 0.15) is 0 Å². The van der Waals surface area contributed by atoms with Gasteiger partial charge in [-0.3, -0.25) is 4.98 Å². The largest absolute Gasteiger partial charge is 0.265 e. The Morgan fingerprint density at radius 2 is 1.75 bits per heavy atom. The van der Waals surface area contributed by atoms with E-state index in [0.29, 0.717) is 11.4 Å². The van der Waals surface area contributed by atoms with Gasteiger partial charge >= 0.3 is 0 Å². The van der Waals surface area contributed by atoms with Gasteiger partial charge in [-0.1, -0.05) is 18.2 Å². The molecule has 20 heavy (non-hydrogen) atoms. The Bertz CT molecular complexity index is 672.